The van der Waals surface area contributed by atoms with Gasteiger partial charge < -0.3 is 4.74 Å². The number of hydrogen-bond donors (Lipinski definition) is 0. The predicted molar refractivity (Wildman–Crippen MR) is 110 cm³/mol. The molecule has 0 spiro atoms. The van der Waals surface area contributed by atoms with E-state index in [0.717, 1.165) is 18.8 Å². The van der Waals surface area contributed by atoms with E-state index in [2.05, 4.69) is 27.7 Å². The van der Waals surface area contributed by atoms with Gasteiger partial charge in [-0.2, -0.15) is 0 Å². The Morgan fingerprint density at radius 1 is 0.600 bits per heavy atom. The molecule has 0 aliphatic rings. The maximum absolute atomic E-state index is 11.5. The molecule has 150 valence electrons. The van der Waals surface area contributed by atoms with Crippen LogP contribution in [-0.2, 0) is 9.53 Å². The van der Waals surface area contributed by atoms with Gasteiger partial charge in [0.1, 0.15) is 0 Å². The summed E-state index contributed by atoms with van der Waals surface area (Å²) in [6.45, 7) is 9.54. The first-order valence-corrected chi connectivity index (χ1v) is 11.2. The van der Waals surface area contributed by atoms with Gasteiger partial charge in [-0.25, -0.2) is 0 Å². The lowest BCUT2D eigenvalue weighted by Crippen LogP contribution is -2.07. The molecule has 0 aliphatic carbocycles. The number of hydrogen-bond acceptors (Lipinski definition) is 2. The predicted octanol–water partition coefficient (Wildman–Crippen LogP) is 7.69. The monoisotopic (exact) mass is 354 g/mol. The molecule has 0 aliphatic heterocycles. The second-order valence-electron chi connectivity index (χ2n) is 8.58. The van der Waals surface area contributed by atoms with Crippen LogP contribution in [0.4, 0.5) is 0 Å². The van der Waals surface area contributed by atoms with Crippen LogP contribution >= 0.6 is 0 Å². The third-order valence-corrected chi connectivity index (χ3v) is 4.87. The Labute approximate surface area is 158 Å². The largest absolute Gasteiger partial charge is 0.466 e. The Balaban J connectivity index is 3.12. The SMILES string of the molecule is CC(C)CCCCCCCCCCCCCCC(=O)OCCC(C)C. The van der Waals surface area contributed by atoms with Crippen LogP contribution < -0.4 is 0 Å². The van der Waals surface area contributed by atoms with Crippen molar-refractivity contribution in [1.82, 2.24) is 0 Å². The first-order chi connectivity index (χ1) is 12.0. The quantitative estimate of drug-likeness (QED) is 0.186. The van der Waals surface area contributed by atoms with Crippen LogP contribution in [0.5, 0.6) is 0 Å². The Bertz CT molecular complexity index is 284. The highest BCUT2D eigenvalue weighted by Gasteiger charge is 2.03. The van der Waals surface area contributed by atoms with Gasteiger partial charge in [-0.1, -0.05) is 105 Å². The summed E-state index contributed by atoms with van der Waals surface area (Å²) < 4.78 is 5.23. The average molecular weight is 355 g/mol. The molecule has 0 aromatic heterocycles. The lowest BCUT2D eigenvalue weighted by molar-refractivity contribution is -0.144. The topological polar surface area (TPSA) is 26.3 Å². The molecule has 0 aromatic carbocycles. The van der Waals surface area contributed by atoms with Gasteiger partial charge in [0.15, 0.2) is 0 Å². The molecule has 0 N–H and O–H groups in total. The van der Waals surface area contributed by atoms with Gasteiger partial charge in [0.25, 0.3) is 0 Å². The molecule has 0 saturated carbocycles. The minimum absolute atomic E-state index is 0.00551. The number of ether oxygens (including phenoxy) is 1. The van der Waals surface area contributed by atoms with E-state index in [4.69, 9.17) is 4.74 Å². The average Bonchev–Trinajstić information content (AvgIpc) is 2.54. The zero-order valence-electron chi connectivity index (χ0n) is 17.8. The summed E-state index contributed by atoms with van der Waals surface area (Å²) in [6.07, 6.45) is 19.1. The van der Waals surface area contributed by atoms with Crippen molar-refractivity contribution in [1.29, 1.82) is 0 Å². The van der Waals surface area contributed by atoms with Crippen LogP contribution in [0.2, 0.25) is 0 Å². The Kier molecular flexibility index (Phi) is 17.9. The fourth-order valence-electron chi connectivity index (χ4n) is 3.07. The van der Waals surface area contributed by atoms with E-state index < -0.39 is 0 Å². The molecule has 0 unspecified atom stereocenters. The summed E-state index contributed by atoms with van der Waals surface area (Å²) in [6, 6.07) is 0. The molecule has 0 heterocycles. The number of unbranched alkanes of at least 4 members (excludes halogenated alkanes) is 11. The van der Waals surface area contributed by atoms with Gasteiger partial charge in [0.2, 0.25) is 0 Å². The zero-order valence-corrected chi connectivity index (χ0v) is 17.8. The summed E-state index contributed by atoms with van der Waals surface area (Å²) in [7, 11) is 0. The molecular formula is C23H46O2. The molecule has 0 bridgehead atoms. The third-order valence-electron chi connectivity index (χ3n) is 4.87. The highest BCUT2D eigenvalue weighted by atomic mass is 16.5. The van der Waals surface area contributed by atoms with Gasteiger partial charge in [-0.05, 0) is 24.7 Å². The maximum atomic E-state index is 11.5. The standard InChI is InChI=1S/C23H46O2/c1-21(2)17-15-13-11-9-7-5-6-8-10-12-14-16-18-23(24)25-20-19-22(3)4/h21-22H,5-20H2,1-4H3. The lowest BCUT2D eigenvalue weighted by Gasteiger charge is -2.06. The van der Waals surface area contributed by atoms with Crippen molar-refractivity contribution in [3.63, 3.8) is 0 Å². The van der Waals surface area contributed by atoms with Crippen LogP contribution in [0, 0.1) is 11.8 Å². The third kappa shape index (κ3) is 21.4. The highest BCUT2D eigenvalue weighted by molar-refractivity contribution is 5.69. The van der Waals surface area contributed by atoms with E-state index in [0.29, 0.717) is 18.9 Å². The summed E-state index contributed by atoms with van der Waals surface area (Å²) in [5, 5.41) is 0. The van der Waals surface area contributed by atoms with Crippen molar-refractivity contribution in [2.75, 3.05) is 6.61 Å². The van der Waals surface area contributed by atoms with E-state index in [1.54, 1.807) is 0 Å². The second-order valence-corrected chi connectivity index (χ2v) is 8.58. The maximum Gasteiger partial charge on any atom is 0.305 e. The molecule has 0 fully saturated rings. The van der Waals surface area contributed by atoms with Gasteiger partial charge in [-0.3, -0.25) is 4.79 Å². The molecule has 0 radical (unpaired) electrons. The zero-order chi connectivity index (χ0) is 18.8. The van der Waals surface area contributed by atoms with Crippen molar-refractivity contribution in [3.8, 4) is 0 Å². The Morgan fingerprint density at radius 3 is 1.44 bits per heavy atom. The van der Waals surface area contributed by atoms with E-state index in [-0.39, 0.29) is 5.97 Å². The van der Waals surface area contributed by atoms with E-state index >= 15 is 0 Å². The van der Waals surface area contributed by atoms with Gasteiger partial charge in [-0.15, -0.1) is 0 Å². The summed E-state index contributed by atoms with van der Waals surface area (Å²) in [4.78, 5) is 11.5. The van der Waals surface area contributed by atoms with Crippen molar-refractivity contribution in [2.24, 2.45) is 11.8 Å². The normalized spacial score (nSPS) is 11.4. The first-order valence-electron chi connectivity index (χ1n) is 11.2. The number of carbonyl (C=O) groups is 1. The first kappa shape index (κ1) is 24.5. The van der Waals surface area contributed by atoms with Crippen LogP contribution in [0.1, 0.15) is 124 Å². The fourth-order valence-corrected chi connectivity index (χ4v) is 3.07. The van der Waals surface area contributed by atoms with Gasteiger partial charge in [0, 0.05) is 6.42 Å². The smallest absolute Gasteiger partial charge is 0.305 e. The van der Waals surface area contributed by atoms with Crippen LogP contribution in [0.25, 0.3) is 0 Å². The Hall–Kier alpha value is -0.530. The second kappa shape index (κ2) is 18.3. The van der Waals surface area contributed by atoms with Crippen LogP contribution in [-0.4, -0.2) is 12.6 Å². The minimum Gasteiger partial charge on any atom is -0.466 e. The molecule has 2 heteroatoms. The highest BCUT2D eigenvalue weighted by Crippen LogP contribution is 2.14. The molecule has 0 amide bonds. The van der Waals surface area contributed by atoms with Gasteiger partial charge >= 0.3 is 5.97 Å². The molecule has 0 aromatic rings. The Morgan fingerprint density at radius 2 is 1.00 bits per heavy atom. The minimum atomic E-state index is -0.00551. The summed E-state index contributed by atoms with van der Waals surface area (Å²) in [5.41, 5.74) is 0. The summed E-state index contributed by atoms with van der Waals surface area (Å²) in [5.74, 6) is 1.47. The van der Waals surface area contributed by atoms with Crippen LogP contribution in [0.15, 0.2) is 0 Å². The van der Waals surface area contributed by atoms with Gasteiger partial charge in [0.05, 0.1) is 6.61 Å². The van der Waals surface area contributed by atoms with Crippen molar-refractivity contribution in [3.05, 3.63) is 0 Å². The van der Waals surface area contributed by atoms with Crippen molar-refractivity contribution in [2.45, 2.75) is 124 Å². The fraction of sp³-hybridized carbons (Fsp3) is 0.957. The molecule has 2 nitrogen and oxygen atoms in total. The van der Waals surface area contributed by atoms with E-state index in [1.165, 1.54) is 77.0 Å². The molecule has 0 rings (SSSR count). The number of rotatable bonds is 18. The number of esters is 1. The van der Waals surface area contributed by atoms with Crippen molar-refractivity contribution >= 4 is 5.97 Å². The lowest BCUT2D eigenvalue weighted by atomic mass is 10.0. The molecular weight excluding hydrogens is 308 g/mol. The summed E-state index contributed by atoms with van der Waals surface area (Å²) >= 11 is 0. The van der Waals surface area contributed by atoms with Crippen LogP contribution in [0.3, 0.4) is 0 Å². The molecule has 25 heavy (non-hydrogen) atoms. The molecule has 0 saturated heterocycles. The van der Waals surface area contributed by atoms with Crippen molar-refractivity contribution < 1.29 is 9.53 Å². The molecule has 0 atom stereocenters. The van der Waals surface area contributed by atoms with E-state index in [1.807, 2.05) is 0 Å². The number of carbonyl (C=O) groups excluding carboxylic acids is 1. The van der Waals surface area contributed by atoms with E-state index in [9.17, 15) is 4.79 Å².